The molecule has 0 spiro atoms. The molecule has 0 saturated heterocycles. The van der Waals surface area contributed by atoms with Gasteiger partial charge in [-0.3, -0.25) is 9.11 Å². The summed E-state index contributed by atoms with van der Waals surface area (Å²) in [5.41, 5.74) is 8.14. The van der Waals surface area contributed by atoms with Crippen molar-refractivity contribution < 1.29 is 35.8 Å². The molecule has 7 aromatic rings. The third-order valence-corrected chi connectivity index (χ3v) is 12.0. The average Bonchev–Trinajstić information content (AvgIpc) is 3.30. The standard InChI is InChI=1S/C48H44N10O8S2/c1-29-23-41(30(2)22-40(29)53-52-39-19-16-34-27-36(17-18-37(34)48(39)59)50-49-35-12-7-6-8-13-35)54-55-42-24-32(4)43(25-31(42)3)56-58-45-26-33(5)44(28-46(45)66-20-11-21-67(60,61)62)57-51-38-14-9-10-15-47(38)68(63,64)65/h6-10,12-19,22-28,59H,11,20-21H2,1-5H3,(H,60,61,62)(H,63,64,65). The van der Waals surface area contributed by atoms with Crippen LogP contribution in [0.5, 0.6) is 11.5 Å². The number of hydrogen-bond acceptors (Lipinski definition) is 16. The zero-order valence-electron chi connectivity index (χ0n) is 37.3. The Morgan fingerprint density at radius 3 is 1.49 bits per heavy atom. The highest BCUT2D eigenvalue weighted by Crippen LogP contribution is 2.41. The second-order valence-corrected chi connectivity index (χ2v) is 18.5. The van der Waals surface area contributed by atoms with E-state index in [2.05, 4.69) is 51.1 Å². The van der Waals surface area contributed by atoms with Gasteiger partial charge >= 0.3 is 0 Å². The van der Waals surface area contributed by atoms with E-state index in [1.165, 1.54) is 24.3 Å². The maximum absolute atomic E-state index is 11.9. The van der Waals surface area contributed by atoms with Crippen LogP contribution in [0.2, 0.25) is 0 Å². The Kier molecular flexibility index (Phi) is 14.7. The molecule has 0 atom stereocenters. The van der Waals surface area contributed by atoms with Crippen LogP contribution in [0.25, 0.3) is 10.8 Å². The van der Waals surface area contributed by atoms with E-state index < -0.39 is 30.9 Å². The molecule has 0 radical (unpaired) electrons. The highest BCUT2D eigenvalue weighted by atomic mass is 32.2. The highest BCUT2D eigenvalue weighted by molar-refractivity contribution is 7.86. The molecule has 346 valence electrons. The zero-order valence-corrected chi connectivity index (χ0v) is 39.0. The van der Waals surface area contributed by atoms with Gasteiger partial charge in [-0.1, -0.05) is 36.4 Å². The molecule has 0 aliphatic carbocycles. The van der Waals surface area contributed by atoms with Gasteiger partial charge in [0.05, 0.1) is 52.2 Å². The maximum atomic E-state index is 11.9. The van der Waals surface area contributed by atoms with Crippen molar-refractivity contribution in [1.82, 2.24) is 0 Å². The molecule has 0 unspecified atom stereocenters. The first-order valence-corrected chi connectivity index (χ1v) is 23.9. The van der Waals surface area contributed by atoms with Gasteiger partial charge in [0.15, 0.2) is 5.75 Å². The molecule has 0 aliphatic heterocycles. The summed E-state index contributed by atoms with van der Waals surface area (Å²) in [4.78, 5) is -0.425. The first-order valence-electron chi connectivity index (χ1n) is 20.8. The van der Waals surface area contributed by atoms with Crippen LogP contribution in [-0.2, 0) is 20.2 Å². The quantitative estimate of drug-likeness (QED) is 0.0475. The molecule has 0 bridgehead atoms. The second kappa shape index (κ2) is 20.8. The molecule has 20 heteroatoms. The lowest BCUT2D eigenvalue weighted by molar-refractivity contribution is 0.317. The molecule has 0 heterocycles. The van der Waals surface area contributed by atoms with Gasteiger partial charge in [0.2, 0.25) is 0 Å². The normalized spacial score (nSPS) is 12.5. The number of aryl methyl sites for hydroxylation is 5. The summed E-state index contributed by atoms with van der Waals surface area (Å²) in [5, 5.41) is 56.1. The van der Waals surface area contributed by atoms with E-state index >= 15 is 0 Å². The molecule has 18 nitrogen and oxygen atoms in total. The molecule has 3 N–H and O–H groups in total. The van der Waals surface area contributed by atoms with Gasteiger partial charge in [-0.05, 0) is 153 Å². The molecule has 0 amide bonds. The van der Waals surface area contributed by atoms with Gasteiger partial charge in [-0.2, -0.15) is 52.6 Å². The lowest BCUT2D eigenvalue weighted by Gasteiger charge is -2.11. The molecule has 0 saturated carbocycles. The minimum atomic E-state index is -4.58. The first-order chi connectivity index (χ1) is 32.4. The molecule has 7 aromatic carbocycles. The highest BCUT2D eigenvalue weighted by Gasteiger charge is 2.16. The van der Waals surface area contributed by atoms with Crippen LogP contribution in [-0.4, -0.2) is 43.4 Å². The third kappa shape index (κ3) is 12.4. The molecule has 0 fully saturated rings. The number of rotatable bonds is 16. The van der Waals surface area contributed by atoms with Crippen LogP contribution < -0.4 is 4.74 Å². The van der Waals surface area contributed by atoms with E-state index in [9.17, 15) is 31.0 Å². The van der Waals surface area contributed by atoms with Gasteiger partial charge in [0, 0.05) is 11.5 Å². The summed E-state index contributed by atoms with van der Waals surface area (Å²) in [6, 6.07) is 34.4. The summed E-state index contributed by atoms with van der Waals surface area (Å²) in [6.07, 6.45) is -0.0325. The number of fused-ring (bicyclic) bond motifs is 1. The van der Waals surface area contributed by atoms with Crippen LogP contribution in [0, 0.1) is 34.6 Å². The zero-order chi connectivity index (χ0) is 48.6. The monoisotopic (exact) mass is 952 g/mol. The van der Waals surface area contributed by atoms with Crippen LogP contribution in [0.15, 0.2) is 177 Å². The fourth-order valence-corrected chi connectivity index (χ4v) is 7.73. The van der Waals surface area contributed by atoms with Crippen LogP contribution in [0.1, 0.15) is 34.2 Å². The number of aromatic hydroxyl groups is 1. The van der Waals surface area contributed by atoms with Crippen molar-refractivity contribution in [2.45, 2.75) is 45.9 Å². The van der Waals surface area contributed by atoms with Crippen LogP contribution in [0.4, 0.5) is 56.9 Å². The van der Waals surface area contributed by atoms with E-state index in [1.807, 2.05) is 94.4 Å². The van der Waals surface area contributed by atoms with E-state index in [0.29, 0.717) is 45.1 Å². The van der Waals surface area contributed by atoms with Crippen molar-refractivity contribution in [3.63, 3.8) is 0 Å². The SMILES string of the molecule is Cc1cc(N=Nc2cc(C)c(N=Nc3ccccc3S(=O)(=O)O)cc2OCCCS(=O)(=O)O)c(C)cc1N=Nc1cc(C)c(N=Nc2ccc3cc(N=Nc4ccccc4)ccc3c2O)cc1C. The summed E-state index contributed by atoms with van der Waals surface area (Å²) in [5.74, 6) is -0.370. The van der Waals surface area contributed by atoms with Gasteiger partial charge < -0.3 is 9.84 Å². The smallest absolute Gasteiger partial charge is 0.296 e. The predicted octanol–water partition coefficient (Wildman–Crippen LogP) is 15.1. The van der Waals surface area contributed by atoms with Crippen molar-refractivity contribution in [1.29, 1.82) is 0 Å². The Hall–Kier alpha value is -7.78. The van der Waals surface area contributed by atoms with Crippen molar-refractivity contribution in [3.8, 4) is 11.5 Å². The Balaban J connectivity index is 1.07. The molecular formula is C48H44N10O8S2. The average molecular weight is 953 g/mol. The fraction of sp³-hybridized carbons (Fsp3) is 0.167. The number of phenolic OH excluding ortho intramolecular Hbond substituents is 1. The van der Waals surface area contributed by atoms with E-state index in [1.54, 1.807) is 37.3 Å². The number of nitrogens with zero attached hydrogens (tertiary/aromatic N) is 10. The Morgan fingerprint density at radius 2 is 0.926 bits per heavy atom. The summed E-state index contributed by atoms with van der Waals surface area (Å²) in [6.45, 7) is 9.09. The third-order valence-electron chi connectivity index (χ3n) is 10.3. The molecule has 68 heavy (non-hydrogen) atoms. The number of ether oxygens (including phenoxy) is 1. The van der Waals surface area contributed by atoms with E-state index in [4.69, 9.17) is 4.74 Å². The molecular weight excluding hydrogens is 909 g/mol. The summed E-state index contributed by atoms with van der Waals surface area (Å²) in [7, 11) is -8.80. The minimum Gasteiger partial charge on any atom is -0.505 e. The summed E-state index contributed by atoms with van der Waals surface area (Å²) < 4.78 is 71.1. The van der Waals surface area contributed by atoms with Crippen LogP contribution >= 0.6 is 0 Å². The Labute approximate surface area is 392 Å². The molecule has 0 aromatic heterocycles. The molecule has 7 rings (SSSR count). The van der Waals surface area contributed by atoms with Crippen molar-refractivity contribution in [2.24, 2.45) is 51.1 Å². The lowest BCUT2D eigenvalue weighted by atomic mass is 10.1. The van der Waals surface area contributed by atoms with Gasteiger partial charge in [0.25, 0.3) is 20.2 Å². The van der Waals surface area contributed by atoms with E-state index in [-0.39, 0.29) is 41.6 Å². The second-order valence-electron chi connectivity index (χ2n) is 15.6. The first kappa shape index (κ1) is 48.2. The topological polar surface area (TPSA) is 262 Å². The van der Waals surface area contributed by atoms with Crippen molar-refractivity contribution in [2.75, 3.05) is 12.4 Å². The van der Waals surface area contributed by atoms with Gasteiger partial charge in [-0.25, -0.2) is 0 Å². The van der Waals surface area contributed by atoms with Gasteiger partial charge in [-0.15, -0.1) is 15.3 Å². The van der Waals surface area contributed by atoms with Crippen LogP contribution in [0.3, 0.4) is 0 Å². The maximum Gasteiger partial charge on any atom is 0.296 e. The minimum absolute atomic E-state index is 0.00384. The number of hydrogen-bond donors (Lipinski definition) is 3. The summed E-state index contributed by atoms with van der Waals surface area (Å²) >= 11 is 0. The van der Waals surface area contributed by atoms with Crippen molar-refractivity contribution in [3.05, 3.63) is 149 Å². The predicted molar refractivity (Wildman–Crippen MR) is 259 cm³/mol. The molecule has 0 aliphatic rings. The lowest BCUT2D eigenvalue weighted by Crippen LogP contribution is -2.08. The number of benzene rings is 7. The van der Waals surface area contributed by atoms with E-state index in [0.717, 1.165) is 33.3 Å². The van der Waals surface area contributed by atoms with Crippen molar-refractivity contribution >= 4 is 87.9 Å². The van der Waals surface area contributed by atoms with Gasteiger partial charge in [0.1, 0.15) is 27.7 Å². The Morgan fingerprint density at radius 1 is 0.456 bits per heavy atom. The number of azo groups is 5. The number of phenols is 1. The Bertz CT molecular complexity index is 3430. The fourth-order valence-electron chi connectivity index (χ4n) is 6.62. The largest absolute Gasteiger partial charge is 0.505 e.